The summed E-state index contributed by atoms with van der Waals surface area (Å²) in [5.74, 6) is 0.439. The molecule has 4 aromatic rings. The van der Waals surface area contributed by atoms with Crippen molar-refractivity contribution < 1.29 is 0 Å². The number of hydrogen-bond acceptors (Lipinski definition) is 2. The summed E-state index contributed by atoms with van der Waals surface area (Å²) in [7, 11) is 0. The lowest BCUT2D eigenvalue weighted by atomic mass is 9.88. The summed E-state index contributed by atoms with van der Waals surface area (Å²) in [6.45, 7) is 5.80. The summed E-state index contributed by atoms with van der Waals surface area (Å²) in [5, 5.41) is 9.47. The zero-order valence-electron chi connectivity index (χ0n) is 16.3. The van der Waals surface area contributed by atoms with E-state index in [0.717, 1.165) is 6.54 Å². The van der Waals surface area contributed by atoms with Crippen LogP contribution in [0.5, 0.6) is 0 Å². The molecule has 1 aliphatic carbocycles. The third-order valence-electron chi connectivity index (χ3n) is 6.68. The average molecular weight is 382 g/mol. The Hall–Kier alpha value is -2.58. The van der Waals surface area contributed by atoms with Gasteiger partial charge in [-0.1, -0.05) is 55.0 Å². The zero-order chi connectivity index (χ0) is 18.8. The lowest BCUT2D eigenvalue weighted by Gasteiger charge is -2.24. The molecule has 1 N–H and O–H groups in total. The van der Waals surface area contributed by atoms with Crippen molar-refractivity contribution in [3.8, 4) is 0 Å². The van der Waals surface area contributed by atoms with Crippen molar-refractivity contribution in [2.45, 2.75) is 26.7 Å². The molecule has 0 saturated carbocycles. The topological polar surface area (TPSA) is 12.0 Å². The quantitative estimate of drug-likeness (QED) is 0.463. The summed E-state index contributed by atoms with van der Waals surface area (Å²) in [5.41, 5.74) is 7.24. The Bertz CT molecular complexity index is 1390. The van der Waals surface area contributed by atoms with Crippen LogP contribution in [0.15, 0.2) is 54.6 Å². The number of para-hydroxylation sites is 1. The summed E-state index contributed by atoms with van der Waals surface area (Å²) in [4.78, 5) is 0. The Morgan fingerprint density at radius 2 is 1.86 bits per heavy atom. The fraction of sp³-hybridized carbons (Fsp3) is 0.231. The first kappa shape index (κ1) is 16.4. The summed E-state index contributed by atoms with van der Waals surface area (Å²) >= 11 is 1.92. The summed E-state index contributed by atoms with van der Waals surface area (Å²) in [6, 6.07) is 20.4. The predicted molar refractivity (Wildman–Crippen MR) is 123 cm³/mol. The van der Waals surface area contributed by atoms with Crippen LogP contribution in [0.2, 0.25) is 0 Å². The van der Waals surface area contributed by atoms with E-state index in [1.165, 1.54) is 71.4 Å². The van der Waals surface area contributed by atoms with Gasteiger partial charge in [0.05, 0.1) is 0 Å². The van der Waals surface area contributed by atoms with Crippen LogP contribution >= 0.6 is 11.3 Å². The van der Waals surface area contributed by atoms with Crippen molar-refractivity contribution in [1.82, 2.24) is 0 Å². The first-order valence-corrected chi connectivity index (χ1v) is 11.1. The summed E-state index contributed by atoms with van der Waals surface area (Å²) in [6.07, 6.45) is 2.41. The standard InChI is InChI=1S/C26H23NS/c1-15-16(2)24-19(12-13-22-25(24)18-9-3-4-11-21(18)28-22)23(15)20-10-5-7-17-8-6-14-27-26(17)20/h3-5,7,9-13,15,27H,6,8,14H2,1-2H3. The van der Waals surface area contributed by atoms with Crippen molar-refractivity contribution in [3.63, 3.8) is 0 Å². The molecule has 1 unspecified atom stereocenters. The number of aryl methyl sites for hydroxylation is 1. The Morgan fingerprint density at radius 3 is 2.79 bits per heavy atom. The fourth-order valence-corrected chi connectivity index (χ4v) is 6.34. The molecule has 1 aliphatic heterocycles. The van der Waals surface area contributed by atoms with E-state index in [9.17, 15) is 0 Å². The van der Waals surface area contributed by atoms with Crippen LogP contribution in [0.25, 0.3) is 31.3 Å². The number of fused-ring (bicyclic) bond motifs is 6. The summed E-state index contributed by atoms with van der Waals surface area (Å²) < 4.78 is 2.79. The second-order valence-corrected chi connectivity index (χ2v) is 9.23. The van der Waals surface area contributed by atoms with E-state index >= 15 is 0 Å². The minimum absolute atomic E-state index is 0.439. The number of rotatable bonds is 1. The number of hydrogen-bond donors (Lipinski definition) is 1. The number of anilines is 1. The Labute approximate surface area is 169 Å². The van der Waals surface area contributed by atoms with Crippen LogP contribution in [0, 0.1) is 5.92 Å². The molecule has 1 aromatic heterocycles. The molecule has 0 bridgehead atoms. The van der Waals surface area contributed by atoms with Gasteiger partial charge in [-0.3, -0.25) is 0 Å². The molecule has 2 aliphatic rings. The lowest BCUT2D eigenvalue weighted by molar-refractivity contribution is 0.828. The van der Waals surface area contributed by atoms with Gasteiger partial charge >= 0.3 is 0 Å². The van der Waals surface area contributed by atoms with Crippen LogP contribution in [-0.4, -0.2) is 6.54 Å². The molecule has 28 heavy (non-hydrogen) atoms. The molecule has 138 valence electrons. The molecule has 0 amide bonds. The number of benzene rings is 3. The fourth-order valence-electron chi connectivity index (χ4n) is 5.23. The molecule has 0 radical (unpaired) electrons. The lowest BCUT2D eigenvalue weighted by Crippen LogP contribution is -2.25. The monoisotopic (exact) mass is 381 g/mol. The Kier molecular flexibility index (Phi) is 3.48. The third-order valence-corrected chi connectivity index (χ3v) is 7.81. The SMILES string of the molecule is CC1=c2c(ccc3sc4ccccc4c23)=C(c2cccc3c2NCCC3)C1C. The van der Waals surface area contributed by atoms with Crippen LogP contribution < -0.4 is 15.8 Å². The second-order valence-electron chi connectivity index (χ2n) is 8.15. The maximum absolute atomic E-state index is 3.71. The highest BCUT2D eigenvalue weighted by Gasteiger charge is 2.26. The molecular formula is C26H23NS. The van der Waals surface area contributed by atoms with Crippen LogP contribution in [0.3, 0.4) is 0 Å². The van der Waals surface area contributed by atoms with E-state index in [4.69, 9.17) is 0 Å². The first-order valence-electron chi connectivity index (χ1n) is 10.3. The minimum atomic E-state index is 0.439. The largest absolute Gasteiger partial charge is 0.384 e. The van der Waals surface area contributed by atoms with Crippen molar-refractivity contribution in [2.75, 3.05) is 11.9 Å². The highest BCUT2D eigenvalue weighted by molar-refractivity contribution is 7.25. The van der Waals surface area contributed by atoms with Gasteiger partial charge in [0.15, 0.2) is 0 Å². The van der Waals surface area contributed by atoms with E-state index in [-0.39, 0.29) is 0 Å². The van der Waals surface area contributed by atoms with Crippen LogP contribution in [0.4, 0.5) is 5.69 Å². The predicted octanol–water partition coefficient (Wildman–Crippen LogP) is 5.43. The molecule has 0 fully saturated rings. The Balaban J connectivity index is 1.78. The van der Waals surface area contributed by atoms with E-state index in [1.807, 2.05) is 11.3 Å². The molecule has 2 heterocycles. The van der Waals surface area contributed by atoms with Crippen molar-refractivity contribution in [2.24, 2.45) is 5.92 Å². The normalized spacial score (nSPS) is 18.4. The van der Waals surface area contributed by atoms with E-state index in [2.05, 4.69) is 73.8 Å². The van der Waals surface area contributed by atoms with Gasteiger partial charge in [-0.15, -0.1) is 11.3 Å². The second kappa shape index (κ2) is 5.96. The number of nitrogens with one attached hydrogen (secondary N) is 1. The molecule has 1 atom stereocenters. The molecule has 0 saturated heterocycles. The van der Waals surface area contributed by atoms with Gasteiger partial charge in [0.1, 0.15) is 0 Å². The van der Waals surface area contributed by atoms with Crippen LogP contribution in [0.1, 0.15) is 31.4 Å². The van der Waals surface area contributed by atoms with E-state index < -0.39 is 0 Å². The maximum atomic E-state index is 3.71. The smallest absolute Gasteiger partial charge is 0.0449 e. The third kappa shape index (κ3) is 2.13. The number of thiophene rings is 1. The molecule has 3 aromatic carbocycles. The van der Waals surface area contributed by atoms with Gasteiger partial charge in [-0.2, -0.15) is 0 Å². The molecule has 6 rings (SSSR count). The highest BCUT2D eigenvalue weighted by Crippen LogP contribution is 2.38. The highest BCUT2D eigenvalue weighted by atomic mass is 32.1. The van der Waals surface area contributed by atoms with E-state index in [0.29, 0.717) is 5.92 Å². The van der Waals surface area contributed by atoms with Gasteiger partial charge in [-0.25, -0.2) is 0 Å². The zero-order valence-corrected chi connectivity index (χ0v) is 17.1. The maximum Gasteiger partial charge on any atom is 0.0449 e. The van der Waals surface area contributed by atoms with Gasteiger partial charge in [0, 0.05) is 43.9 Å². The first-order chi connectivity index (χ1) is 13.7. The molecular weight excluding hydrogens is 358 g/mol. The van der Waals surface area contributed by atoms with Crippen LogP contribution in [-0.2, 0) is 6.42 Å². The van der Waals surface area contributed by atoms with E-state index in [1.54, 1.807) is 0 Å². The van der Waals surface area contributed by atoms with Crippen molar-refractivity contribution in [3.05, 3.63) is 76.2 Å². The van der Waals surface area contributed by atoms with Gasteiger partial charge < -0.3 is 5.32 Å². The molecule has 1 nitrogen and oxygen atoms in total. The van der Waals surface area contributed by atoms with Gasteiger partial charge in [0.25, 0.3) is 0 Å². The molecule has 0 spiro atoms. The van der Waals surface area contributed by atoms with Gasteiger partial charge in [-0.05, 0) is 53.5 Å². The Morgan fingerprint density at radius 1 is 0.964 bits per heavy atom. The molecule has 2 heteroatoms. The van der Waals surface area contributed by atoms with Crippen molar-refractivity contribution in [1.29, 1.82) is 0 Å². The average Bonchev–Trinajstić information content (AvgIpc) is 3.23. The van der Waals surface area contributed by atoms with Gasteiger partial charge in [0.2, 0.25) is 0 Å². The minimum Gasteiger partial charge on any atom is -0.384 e. The van der Waals surface area contributed by atoms with Crippen molar-refractivity contribution >= 4 is 48.3 Å².